The quantitative estimate of drug-likeness (QED) is 0.583. The van der Waals surface area contributed by atoms with Gasteiger partial charge < -0.3 is 4.74 Å². The molecule has 0 N–H and O–H groups in total. The Balaban J connectivity index is 2.27. The topological polar surface area (TPSA) is 9.23 Å². The van der Waals surface area contributed by atoms with Crippen LogP contribution in [0.25, 0.3) is 0 Å². The standard InChI is InChI=1S/C22H19O/c1-2-18-23-22(19-12-6-3-7-13-19,20-14-8-4-9-15-20)21-16-10-5-11-17-21/h1-17H,18H2. The largest absolute Gasteiger partial charge is 0.357 e. The van der Waals surface area contributed by atoms with Crippen LogP contribution < -0.4 is 0 Å². The molecule has 0 heterocycles. The average molecular weight is 299 g/mol. The Morgan fingerprint density at radius 1 is 0.652 bits per heavy atom. The van der Waals surface area contributed by atoms with Gasteiger partial charge in [-0.3, -0.25) is 0 Å². The van der Waals surface area contributed by atoms with Crippen molar-refractivity contribution >= 4 is 0 Å². The molecule has 1 radical (unpaired) electrons. The van der Waals surface area contributed by atoms with Crippen molar-refractivity contribution in [2.75, 3.05) is 6.61 Å². The van der Waals surface area contributed by atoms with Gasteiger partial charge in [0.25, 0.3) is 0 Å². The molecule has 0 aromatic heterocycles. The molecule has 3 rings (SSSR count). The summed E-state index contributed by atoms with van der Waals surface area (Å²) in [7, 11) is 0. The van der Waals surface area contributed by atoms with Gasteiger partial charge in [-0.1, -0.05) is 104 Å². The van der Waals surface area contributed by atoms with Crippen molar-refractivity contribution in [1.82, 2.24) is 0 Å². The molecule has 0 amide bonds. The average Bonchev–Trinajstić information content (AvgIpc) is 2.65. The van der Waals surface area contributed by atoms with Gasteiger partial charge in [0.15, 0.2) is 0 Å². The third-order valence-corrected chi connectivity index (χ3v) is 3.94. The lowest BCUT2D eigenvalue weighted by Gasteiger charge is -2.35. The fourth-order valence-corrected chi connectivity index (χ4v) is 2.94. The molecule has 0 fully saturated rings. The van der Waals surface area contributed by atoms with E-state index in [1.165, 1.54) is 0 Å². The number of benzene rings is 3. The van der Waals surface area contributed by atoms with Crippen molar-refractivity contribution in [2.45, 2.75) is 5.60 Å². The Morgan fingerprint density at radius 2 is 1.00 bits per heavy atom. The summed E-state index contributed by atoms with van der Waals surface area (Å²) in [5.74, 6) is 0. The van der Waals surface area contributed by atoms with Crippen LogP contribution in [0.5, 0.6) is 0 Å². The first-order valence-electron chi connectivity index (χ1n) is 7.72. The molecular formula is C22H19O. The number of hydrogen-bond donors (Lipinski definition) is 0. The normalized spacial score (nSPS) is 11.1. The minimum absolute atomic E-state index is 0.360. The van der Waals surface area contributed by atoms with Crippen molar-refractivity contribution in [3.8, 4) is 0 Å². The molecule has 0 unspecified atom stereocenters. The first kappa shape index (κ1) is 15.3. The van der Waals surface area contributed by atoms with Crippen molar-refractivity contribution < 1.29 is 4.74 Å². The van der Waals surface area contributed by atoms with Crippen LogP contribution in [0.1, 0.15) is 16.7 Å². The summed E-state index contributed by atoms with van der Waals surface area (Å²) < 4.78 is 6.36. The maximum Gasteiger partial charge on any atom is 0.144 e. The van der Waals surface area contributed by atoms with Crippen molar-refractivity contribution in [3.05, 3.63) is 120 Å². The van der Waals surface area contributed by atoms with Crippen LogP contribution in [-0.2, 0) is 10.3 Å². The summed E-state index contributed by atoms with van der Waals surface area (Å²) in [5.41, 5.74) is 2.57. The van der Waals surface area contributed by atoms with Crippen LogP contribution in [0.3, 0.4) is 0 Å². The fraction of sp³-hybridized carbons (Fsp3) is 0.0909. The van der Waals surface area contributed by atoms with Crippen molar-refractivity contribution in [3.63, 3.8) is 0 Å². The van der Waals surface area contributed by atoms with Crippen molar-refractivity contribution in [1.29, 1.82) is 0 Å². The lowest BCUT2D eigenvalue weighted by atomic mass is 9.80. The molecule has 3 aromatic rings. The van der Waals surface area contributed by atoms with Crippen LogP contribution in [-0.4, -0.2) is 6.61 Å². The van der Waals surface area contributed by atoms with Crippen LogP contribution >= 0.6 is 0 Å². The molecule has 0 atom stereocenters. The molecule has 0 aliphatic carbocycles. The predicted molar refractivity (Wildman–Crippen MR) is 94.0 cm³/mol. The van der Waals surface area contributed by atoms with E-state index in [1.54, 1.807) is 6.08 Å². The van der Waals surface area contributed by atoms with Crippen LogP contribution in [0.4, 0.5) is 0 Å². The van der Waals surface area contributed by atoms with E-state index in [0.717, 1.165) is 16.7 Å². The summed E-state index contributed by atoms with van der Waals surface area (Å²) in [5, 5.41) is 0. The smallest absolute Gasteiger partial charge is 0.144 e. The molecule has 1 heteroatoms. The molecule has 0 saturated heterocycles. The van der Waals surface area contributed by atoms with Gasteiger partial charge in [-0.2, -0.15) is 0 Å². The second-order valence-electron chi connectivity index (χ2n) is 5.33. The van der Waals surface area contributed by atoms with Crippen LogP contribution in [0, 0.1) is 6.58 Å². The highest BCUT2D eigenvalue weighted by atomic mass is 16.5. The van der Waals surface area contributed by atoms with Gasteiger partial charge in [-0.15, -0.1) is 0 Å². The first-order chi connectivity index (χ1) is 11.4. The minimum atomic E-state index is -0.681. The number of ether oxygens (including phenoxy) is 1. The second-order valence-corrected chi connectivity index (χ2v) is 5.33. The van der Waals surface area contributed by atoms with Gasteiger partial charge in [0, 0.05) is 0 Å². The van der Waals surface area contributed by atoms with Crippen LogP contribution in [0.2, 0.25) is 0 Å². The molecule has 0 saturated carbocycles. The van der Waals surface area contributed by atoms with E-state index in [1.807, 2.05) is 54.6 Å². The lowest BCUT2D eigenvalue weighted by Crippen LogP contribution is -2.33. The third kappa shape index (κ3) is 2.96. The van der Waals surface area contributed by atoms with Crippen molar-refractivity contribution in [2.24, 2.45) is 0 Å². The van der Waals surface area contributed by atoms with E-state index in [9.17, 15) is 0 Å². The Labute approximate surface area is 137 Å². The zero-order valence-corrected chi connectivity index (χ0v) is 12.9. The molecule has 23 heavy (non-hydrogen) atoms. The van der Waals surface area contributed by atoms with E-state index in [4.69, 9.17) is 11.3 Å². The van der Waals surface area contributed by atoms with Gasteiger partial charge >= 0.3 is 0 Å². The number of hydrogen-bond acceptors (Lipinski definition) is 1. The molecule has 0 aliphatic rings. The summed E-state index contributed by atoms with van der Waals surface area (Å²) in [4.78, 5) is 0. The maximum atomic E-state index is 6.36. The second kappa shape index (κ2) is 7.08. The third-order valence-electron chi connectivity index (χ3n) is 3.94. The first-order valence-corrected chi connectivity index (χ1v) is 7.72. The van der Waals surface area contributed by atoms with E-state index in [-0.39, 0.29) is 0 Å². The molecule has 0 aliphatic heterocycles. The van der Waals surface area contributed by atoms with E-state index in [2.05, 4.69) is 36.4 Å². The Bertz CT molecular complexity index is 636. The van der Waals surface area contributed by atoms with Gasteiger partial charge in [0.05, 0.1) is 6.61 Å². The van der Waals surface area contributed by atoms with E-state index >= 15 is 0 Å². The van der Waals surface area contributed by atoms with Gasteiger partial charge in [-0.25, -0.2) is 0 Å². The molecular weight excluding hydrogens is 280 g/mol. The summed E-state index contributed by atoms with van der Waals surface area (Å²) in [6, 6.07) is 30.8. The Kier molecular flexibility index (Phi) is 4.70. The highest BCUT2D eigenvalue weighted by Gasteiger charge is 2.36. The summed E-state index contributed by atoms with van der Waals surface area (Å²) in [6.07, 6.45) is 1.55. The SMILES string of the molecule is [CH]=CCOC(c1ccccc1)(c1ccccc1)c1ccccc1. The summed E-state index contributed by atoms with van der Waals surface area (Å²) in [6.45, 7) is 5.98. The Hall–Kier alpha value is -2.64. The minimum Gasteiger partial charge on any atom is -0.357 e. The van der Waals surface area contributed by atoms with Gasteiger partial charge in [0.1, 0.15) is 5.60 Å². The zero-order valence-electron chi connectivity index (χ0n) is 12.9. The highest BCUT2D eigenvalue weighted by Crippen LogP contribution is 2.40. The molecule has 0 spiro atoms. The van der Waals surface area contributed by atoms with E-state index < -0.39 is 5.60 Å². The van der Waals surface area contributed by atoms with Gasteiger partial charge in [-0.05, 0) is 16.7 Å². The van der Waals surface area contributed by atoms with E-state index in [0.29, 0.717) is 6.61 Å². The molecule has 3 aromatic carbocycles. The summed E-state index contributed by atoms with van der Waals surface area (Å²) >= 11 is 0. The maximum absolute atomic E-state index is 6.36. The molecule has 1 nitrogen and oxygen atoms in total. The predicted octanol–water partition coefficient (Wildman–Crippen LogP) is 4.98. The zero-order chi connectivity index (χ0) is 16.0. The molecule has 0 bridgehead atoms. The highest BCUT2D eigenvalue weighted by molar-refractivity contribution is 5.47. The lowest BCUT2D eigenvalue weighted by molar-refractivity contribution is 0.0320. The van der Waals surface area contributed by atoms with Gasteiger partial charge in [0.2, 0.25) is 0 Å². The monoisotopic (exact) mass is 299 g/mol. The Morgan fingerprint density at radius 3 is 1.30 bits per heavy atom. The number of rotatable bonds is 6. The fourth-order valence-electron chi connectivity index (χ4n) is 2.94. The molecule has 113 valence electrons. The van der Waals surface area contributed by atoms with Crippen LogP contribution in [0.15, 0.2) is 97.1 Å².